The van der Waals surface area contributed by atoms with Gasteiger partial charge in [-0.2, -0.15) is 0 Å². The molecule has 0 aromatic heterocycles. The van der Waals surface area contributed by atoms with E-state index in [1.165, 1.54) is 0 Å². The van der Waals surface area contributed by atoms with Gasteiger partial charge < -0.3 is 19.5 Å². The van der Waals surface area contributed by atoms with Crippen molar-refractivity contribution in [2.45, 2.75) is 43.2 Å². The molecule has 5 nitrogen and oxygen atoms in total. The van der Waals surface area contributed by atoms with Crippen LogP contribution in [0.5, 0.6) is 17.2 Å². The number of hydrogen-bond acceptors (Lipinski definition) is 5. The maximum atomic E-state index is 12.6. The molecule has 2 aliphatic carbocycles. The second-order valence-corrected chi connectivity index (χ2v) is 7.44. The lowest BCUT2D eigenvalue weighted by molar-refractivity contribution is -0.138. The molecule has 1 N–H and O–H groups in total. The Bertz CT molecular complexity index is 730. The molecular weight excluding hydrogens is 294 g/mol. The van der Waals surface area contributed by atoms with Gasteiger partial charge in [-0.15, -0.1) is 0 Å². The monoisotopic (exact) mass is 315 g/mol. The van der Waals surface area contributed by atoms with Crippen molar-refractivity contribution in [2.24, 2.45) is 5.92 Å². The second-order valence-electron chi connectivity index (χ2n) is 7.44. The molecule has 5 heteroatoms. The third-order valence-electron chi connectivity index (χ3n) is 6.66. The van der Waals surface area contributed by atoms with Gasteiger partial charge in [0.15, 0.2) is 23.4 Å². The largest absolute Gasteiger partial charge is 0.504 e. The molecule has 5 rings (SSSR count). The highest BCUT2D eigenvalue weighted by Crippen LogP contribution is 2.64. The van der Waals surface area contributed by atoms with E-state index in [2.05, 4.69) is 11.9 Å². The molecule has 2 heterocycles. The molecule has 4 atom stereocenters. The molecule has 2 fully saturated rings. The summed E-state index contributed by atoms with van der Waals surface area (Å²) >= 11 is 0. The first-order valence-electron chi connectivity index (χ1n) is 8.41. The highest BCUT2D eigenvalue weighted by atomic mass is 16.5. The fourth-order valence-electron chi connectivity index (χ4n) is 5.77. The Morgan fingerprint density at radius 2 is 2.30 bits per heavy atom. The summed E-state index contributed by atoms with van der Waals surface area (Å²) in [7, 11) is 3.72. The van der Waals surface area contributed by atoms with E-state index in [0.29, 0.717) is 29.9 Å². The minimum absolute atomic E-state index is 0.114. The third-order valence-corrected chi connectivity index (χ3v) is 6.66. The van der Waals surface area contributed by atoms with Crippen molar-refractivity contribution in [3.05, 3.63) is 17.2 Å². The van der Waals surface area contributed by atoms with Crippen LogP contribution in [0.3, 0.4) is 0 Å². The molecule has 1 spiro atoms. The average molecular weight is 315 g/mol. The number of nitrogens with zero attached hydrogens (tertiary/aromatic N) is 1. The zero-order valence-electron chi connectivity index (χ0n) is 13.5. The van der Waals surface area contributed by atoms with E-state index >= 15 is 0 Å². The van der Waals surface area contributed by atoms with Crippen LogP contribution in [-0.4, -0.2) is 48.6 Å². The first-order chi connectivity index (χ1) is 11.1. The number of aromatic hydroxyl groups is 1. The van der Waals surface area contributed by atoms with Crippen LogP contribution in [0.25, 0.3) is 0 Å². The molecule has 0 amide bonds. The number of phenols is 1. The summed E-state index contributed by atoms with van der Waals surface area (Å²) in [4.78, 5) is 15.1. The number of benzene rings is 1. The first kappa shape index (κ1) is 13.7. The Morgan fingerprint density at radius 1 is 1.48 bits per heavy atom. The topological polar surface area (TPSA) is 59.0 Å². The Hall–Kier alpha value is -1.75. The van der Waals surface area contributed by atoms with Crippen molar-refractivity contribution in [3.8, 4) is 17.2 Å². The van der Waals surface area contributed by atoms with Crippen molar-refractivity contribution >= 4 is 5.78 Å². The SMILES string of the molecule is COc1c(O)cc2c3c1OC1C(=O)CC[C@H]4[C@@H](C2)N(C)CC[C@]314. The summed E-state index contributed by atoms with van der Waals surface area (Å²) in [6.45, 7) is 0.983. The van der Waals surface area contributed by atoms with Crippen LogP contribution >= 0.6 is 0 Å². The number of carbonyl (C=O) groups is 1. The fourth-order valence-corrected chi connectivity index (χ4v) is 5.77. The summed E-state index contributed by atoms with van der Waals surface area (Å²) in [6.07, 6.45) is 2.99. The van der Waals surface area contributed by atoms with Gasteiger partial charge >= 0.3 is 0 Å². The van der Waals surface area contributed by atoms with Crippen molar-refractivity contribution in [2.75, 3.05) is 20.7 Å². The Labute approximate surface area is 135 Å². The summed E-state index contributed by atoms with van der Waals surface area (Å²) in [5, 5.41) is 10.3. The van der Waals surface area contributed by atoms with Gasteiger partial charge in [0.2, 0.25) is 5.75 Å². The predicted octanol–water partition coefficient (Wildman–Crippen LogP) is 1.64. The van der Waals surface area contributed by atoms with Gasteiger partial charge in [-0.05, 0) is 50.4 Å². The maximum absolute atomic E-state index is 12.6. The van der Waals surface area contributed by atoms with Crippen molar-refractivity contribution in [1.82, 2.24) is 4.90 Å². The van der Waals surface area contributed by atoms with Gasteiger partial charge in [0, 0.05) is 23.4 Å². The van der Waals surface area contributed by atoms with Crippen molar-refractivity contribution in [1.29, 1.82) is 0 Å². The van der Waals surface area contributed by atoms with Gasteiger partial charge in [0.1, 0.15) is 0 Å². The third kappa shape index (κ3) is 1.41. The predicted molar refractivity (Wildman–Crippen MR) is 83.2 cm³/mol. The number of carbonyl (C=O) groups excluding carboxylic acids is 1. The van der Waals surface area contributed by atoms with Crippen molar-refractivity contribution < 1.29 is 19.4 Å². The number of ether oxygens (including phenoxy) is 2. The molecular formula is C18H21NO4. The van der Waals surface area contributed by atoms with Gasteiger partial charge in [-0.3, -0.25) is 4.79 Å². The van der Waals surface area contributed by atoms with Gasteiger partial charge in [0.25, 0.3) is 0 Å². The lowest BCUT2D eigenvalue weighted by Crippen LogP contribution is -2.65. The van der Waals surface area contributed by atoms with Crippen LogP contribution < -0.4 is 9.47 Å². The highest BCUT2D eigenvalue weighted by Gasteiger charge is 2.65. The molecule has 2 aliphatic heterocycles. The smallest absolute Gasteiger partial charge is 0.203 e. The molecule has 0 radical (unpaired) electrons. The Balaban J connectivity index is 1.83. The number of Topliss-reactive ketones (excluding diaryl/α,β-unsaturated/α-hetero) is 1. The highest BCUT2D eigenvalue weighted by molar-refractivity contribution is 5.89. The standard InChI is InChI=1S/C18H21NO4/c1-19-6-5-18-10-3-4-12(20)17(18)23-16-14(18)9(7-11(10)19)8-13(21)15(16)22-2/h8,10-11,17,21H,3-7H2,1-2H3/t10-,11+,17?,18-/m0/s1. The molecule has 1 unspecified atom stereocenters. The van der Waals surface area contributed by atoms with E-state index in [9.17, 15) is 9.90 Å². The zero-order chi connectivity index (χ0) is 15.9. The van der Waals surface area contributed by atoms with Crippen LogP contribution in [0.15, 0.2) is 6.07 Å². The van der Waals surface area contributed by atoms with Crippen LogP contribution in [0.4, 0.5) is 0 Å². The number of phenolic OH excluding ortho intramolecular Hbond substituents is 1. The van der Waals surface area contributed by atoms with E-state index in [-0.39, 0.29) is 16.9 Å². The Morgan fingerprint density at radius 3 is 3.09 bits per heavy atom. The second kappa shape index (κ2) is 4.20. The molecule has 2 bridgehead atoms. The van der Waals surface area contributed by atoms with Crippen LogP contribution in [0.2, 0.25) is 0 Å². The molecule has 4 aliphatic rings. The lowest BCUT2D eigenvalue weighted by Gasteiger charge is -2.57. The van der Waals surface area contributed by atoms with Crippen molar-refractivity contribution in [3.63, 3.8) is 0 Å². The van der Waals surface area contributed by atoms with Crippen LogP contribution in [0, 0.1) is 5.92 Å². The molecule has 1 saturated heterocycles. The lowest BCUT2D eigenvalue weighted by atomic mass is 9.51. The number of likely N-dealkylation sites (N-methyl/N-ethyl adjacent to an activating group) is 1. The van der Waals surface area contributed by atoms with E-state index in [4.69, 9.17) is 9.47 Å². The van der Waals surface area contributed by atoms with E-state index in [1.807, 2.05) is 6.07 Å². The minimum Gasteiger partial charge on any atom is -0.504 e. The summed E-state index contributed by atoms with van der Waals surface area (Å²) in [5.41, 5.74) is 2.07. The molecule has 122 valence electrons. The van der Waals surface area contributed by atoms with E-state index < -0.39 is 6.10 Å². The van der Waals surface area contributed by atoms with E-state index in [1.54, 1.807) is 7.11 Å². The number of hydrogen-bond donors (Lipinski definition) is 1. The summed E-state index contributed by atoms with van der Waals surface area (Å²) in [5.74, 6) is 1.78. The number of rotatable bonds is 1. The summed E-state index contributed by atoms with van der Waals surface area (Å²) in [6, 6.07) is 2.25. The molecule has 1 aromatic rings. The first-order valence-corrected chi connectivity index (χ1v) is 8.41. The number of ketones is 1. The molecule has 23 heavy (non-hydrogen) atoms. The average Bonchev–Trinajstić information content (AvgIpc) is 2.87. The fraction of sp³-hybridized carbons (Fsp3) is 0.611. The zero-order valence-corrected chi connectivity index (χ0v) is 13.5. The van der Waals surface area contributed by atoms with Gasteiger partial charge in [-0.25, -0.2) is 0 Å². The normalized spacial score (nSPS) is 37.3. The van der Waals surface area contributed by atoms with Crippen LogP contribution in [0.1, 0.15) is 30.4 Å². The molecule has 1 aromatic carbocycles. The number of piperidine rings is 1. The van der Waals surface area contributed by atoms with Gasteiger partial charge in [-0.1, -0.05) is 0 Å². The van der Waals surface area contributed by atoms with E-state index in [0.717, 1.165) is 36.9 Å². The minimum atomic E-state index is -0.401. The molecule has 1 saturated carbocycles. The number of likely N-dealkylation sites (tertiary alicyclic amines) is 1. The van der Waals surface area contributed by atoms with Crippen LogP contribution in [-0.2, 0) is 16.6 Å². The Kier molecular flexibility index (Phi) is 2.50. The summed E-state index contributed by atoms with van der Waals surface area (Å²) < 4.78 is 11.6. The maximum Gasteiger partial charge on any atom is 0.203 e. The quantitative estimate of drug-likeness (QED) is 0.854. The number of methoxy groups -OCH3 is 1. The van der Waals surface area contributed by atoms with Gasteiger partial charge in [0.05, 0.1) is 7.11 Å².